The van der Waals surface area contributed by atoms with Crippen LogP contribution in [0.5, 0.6) is 5.75 Å². The average molecular weight is 844 g/mol. The van der Waals surface area contributed by atoms with Crippen molar-refractivity contribution in [1.29, 1.82) is 0 Å². The molecule has 0 spiro atoms. The highest BCUT2D eigenvalue weighted by Crippen LogP contribution is 2.29. The van der Waals surface area contributed by atoms with Crippen molar-refractivity contribution >= 4 is 110 Å². The fourth-order valence-electron chi connectivity index (χ4n) is 2.78. The van der Waals surface area contributed by atoms with Gasteiger partial charge in [-0.25, -0.2) is 0 Å². The molecule has 0 heterocycles. The summed E-state index contributed by atoms with van der Waals surface area (Å²) in [5.74, 6) is 0.944. The molecule has 0 amide bonds. The quantitative estimate of drug-likeness (QED) is 0.182. The summed E-state index contributed by atoms with van der Waals surface area (Å²) < 4.78 is 10.0. The first-order valence-corrected chi connectivity index (χ1v) is 19.0. The van der Waals surface area contributed by atoms with Gasteiger partial charge in [-0.1, -0.05) is 193 Å². The minimum atomic E-state index is -1.61. The van der Waals surface area contributed by atoms with Gasteiger partial charge in [0, 0.05) is 4.31 Å². The van der Waals surface area contributed by atoms with Gasteiger partial charge in [0.2, 0.25) is 0 Å². The topological polar surface area (TPSA) is 18.5 Å². The van der Waals surface area contributed by atoms with E-state index in [1.54, 1.807) is 0 Å². The minimum Gasteiger partial charge on any atom is -0.494 e. The zero-order chi connectivity index (χ0) is 38.4. The fraction of sp³-hybridized carbons (Fsp3) is 0.486. The monoisotopic (exact) mass is 840 g/mol. The molecular weight excluding hydrogens is 789 g/mol. The molecule has 3 rings (SSSR count). The molecule has 276 valence electrons. The molecule has 0 N–H and O–H groups in total. The summed E-state index contributed by atoms with van der Waals surface area (Å²) in [6.07, 6.45) is 4.83. The number of para-hydroxylation sites is 1. The number of aryl methyl sites for hydroxylation is 3. The third kappa shape index (κ3) is 71.6. The van der Waals surface area contributed by atoms with Crippen LogP contribution in [0.2, 0.25) is 0 Å². The number of hydrogen-bond donors (Lipinski definition) is 0. The van der Waals surface area contributed by atoms with Gasteiger partial charge < -0.3 is 9.47 Å². The molecular formula is C37H55Cl7O2S2. The highest BCUT2D eigenvalue weighted by molar-refractivity contribution is 7.93. The molecule has 3 aromatic carbocycles. The molecule has 0 radical (unpaired) electrons. The summed E-state index contributed by atoms with van der Waals surface area (Å²) in [5.41, 5.74) is 4.06. The van der Waals surface area contributed by atoms with Crippen LogP contribution in [0.4, 0.5) is 0 Å². The molecule has 0 aromatic heterocycles. The largest absolute Gasteiger partial charge is 0.494 e. The standard InChI is InChI=1S/C8H10O.C8H10.C7H8.C6H14O.C5H12.CCl4.CHCl3.CS2/c1-2-9-8-6-4-3-5-7-8;1-7-5-3-4-6-8(7)2;1-7-5-3-2-4-6-7;1-5(2)7-6(3)4;1-3-5-4-2;2-1(3,4)5;2-1(3)4;2-1-3/h3-7H,2H2,1H3;3-6H,1-2H3;2-6H,1H3;5-6H,1-4H3;3-5H2,1-2H3;;1H;. The molecule has 0 aliphatic carbocycles. The van der Waals surface area contributed by atoms with Gasteiger partial charge in [-0.15, -0.1) is 0 Å². The van der Waals surface area contributed by atoms with E-state index in [0.29, 0.717) is 12.2 Å². The SMILES string of the molecule is CC(C)OC(C)C.CCCCC.CCOc1ccccc1.Cc1ccccc1.Cc1ccccc1C.ClC(Cl)(Cl)Cl.ClC(Cl)Cl.S=C=S. The van der Waals surface area contributed by atoms with Crippen molar-refractivity contribution in [3.8, 4) is 5.75 Å². The van der Waals surface area contributed by atoms with Crippen molar-refractivity contribution in [2.45, 2.75) is 108 Å². The molecule has 0 saturated heterocycles. The molecule has 0 atom stereocenters. The van der Waals surface area contributed by atoms with Crippen molar-refractivity contribution < 1.29 is 9.47 Å². The van der Waals surface area contributed by atoms with Crippen molar-refractivity contribution in [2.24, 2.45) is 0 Å². The average Bonchev–Trinajstić information content (AvgIpc) is 2.96. The molecule has 0 saturated carbocycles. The van der Waals surface area contributed by atoms with Crippen LogP contribution in [0.25, 0.3) is 0 Å². The maximum atomic E-state index is 5.25. The van der Waals surface area contributed by atoms with Crippen molar-refractivity contribution in [1.82, 2.24) is 0 Å². The first-order chi connectivity index (χ1) is 22.3. The van der Waals surface area contributed by atoms with Gasteiger partial charge in [0.15, 0.2) is 4.30 Å². The smallest absolute Gasteiger partial charge is 0.266 e. The lowest BCUT2D eigenvalue weighted by Gasteiger charge is -2.09. The van der Waals surface area contributed by atoms with Crippen LogP contribution in [-0.2, 0) is 4.74 Å². The van der Waals surface area contributed by atoms with Crippen LogP contribution in [0.3, 0.4) is 0 Å². The van der Waals surface area contributed by atoms with E-state index in [4.69, 9.17) is 90.7 Å². The van der Waals surface area contributed by atoms with E-state index in [-0.39, 0.29) is 0 Å². The molecule has 0 unspecified atom stereocenters. The van der Waals surface area contributed by atoms with Gasteiger partial charge in [0.25, 0.3) is 3.25 Å². The van der Waals surface area contributed by atoms with Gasteiger partial charge in [0.1, 0.15) is 5.75 Å². The maximum absolute atomic E-state index is 5.25. The Morgan fingerprint density at radius 1 is 0.625 bits per heavy atom. The number of alkyl halides is 7. The zero-order valence-electron chi connectivity index (χ0n) is 29.9. The molecule has 0 fully saturated rings. The molecule has 48 heavy (non-hydrogen) atoms. The third-order valence-electron chi connectivity index (χ3n) is 4.67. The van der Waals surface area contributed by atoms with Gasteiger partial charge in [-0.2, -0.15) is 0 Å². The number of unbranched alkanes of at least 4 members (excludes halogenated alkanes) is 2. The molecule has 11 heteroatoms. The Morgan fingerprint density at radius 3 is 1.08 bits per heavy atom. The Bertz CT molecular complexity index is 1020. The summed E-state index contributed by atoms with van der Waals surface area (Å²) in [6.45, 7) is 21.6. The third-order valence-corrected chi connectivity index (χ3v) is 4.67. The lowest BCUT2D eigenvalue weighted by atomic mass is 10.1. The lowest BCUT2D eigenvalue weighted by Crippen LogP contribution is -2.09. The predicted octanol–water partition coefficient (Wildman–Crippen LogP) is 16.0. The molecule has 0 aliphatic heterocycles. The second kappa shape index (κ2) is 42.8. The Balaban J connectivity index is -0.000000150. The van der Waals surface area contributed by atoms with Crippen LogP contribution in [0, 0.1) is 20.8 Å². The number of hydrogen-bond acceptors (Lipinski definition) is 4. The zero-order valence-corrected chi connectivity index (χ0v) is 36.8. The second-order valence-corrected chi connectivity index (χ2v) is 15.9. The van der Waals surface area contributed by atoms with E-state index in [9.17, 15) is 0 Å². The van der Waals surface area contributed by atoms with Crippen LogP contribution in [0.15, 0.2) is 84.9 Å². The van der Waals surface area contributed by atoms with Crippen LogP contribution < -0.4 is 4.74 Å². The number of rotatable bonds is 6. The second-order valence-electron chi connectivity index (χ2n) is 9.83. The Kier molecular flexibility index (Phi) is 50.9. The van der Waals surface area contributed by atoms with Crippen LogP contribution in [-0.4, -0.2) is 30.7 Å². The van der Waals surface area contributed by atoms with E-state index in [1.807, 2.05) is 87.5 Å². The van der Waals surface area contributed by atoms with Gasteiger partial charge in [-0.05, 0) is 103 Å². The first kappa shape index (κ1) is 57.0. The number of thiocarbonyl (C=S) groups is 2. The van der Waals surface area contributed by atoms with E-state index >= 15 is 0 Å². The maximum Gasteiger partial charge on any atom is 0.266 e. The Hall–Kier alpha value is -0.330. The summed E-state index contributed by atoms with van der Waals surface area (Å²) in [7, 11) is 0. The number of ether oxygens (including phenoxy) is 2. The highest BCUT2D eigenvalue weighted by Gasteiger charge is 2.11. The van der Waals surface area contributed by atoms with E-state index in [2.05, 4.69) is 95.5 Å². The van der Waals surface area contributed by atoms with Crippen LogP contribution >= 0.6 is 106 Å². The minimum absolute atomic E-state index is 0.375. The van der Waals surface area contributed by atoms with Crippen molar-refractivity contribution in [2.75, 3.05) is 6.61 Å². The van der Waals surface area contributed by atoms with Gasteiger partial charge >= 0.3 is 0 Å². The Morgan fingerprint density at radius 2 is 0.917 bits per heavy atom. The Labute approximate surface area is 339 Å². The van der Waals surface area contributed by atoms with E-state index < -0.39 is 7.55 Å². The van der Waals surface area contributed by atoms with Crippen molar-refractivity contribution in [3.05, 3.63) is 102 Å². The van der Waals surface area contributed by atoms with Gasteiger partial charge in [-0.3, -0.25) is 0 Å². The van der Waals surface area contributed by atoms with Crippen molar-refractivity contribution in [3.63, 3.8) is 0 Å². The fourth-order valence-corrected chi connectivity index (χ4v) is 2.78. The molecule has 3 aromatic rings. The molecule has 2 nitrogen and oxygen atoms in total. The van der Waals surface area contributed by atoms with Crippen LogP contribution in [0.1, 0.15) is 84.4 Å². The van der Waals surface area contributed by atoms with E-state index in [1.165, 1.54) is 36.0 Å². The summed E-state index contributed by atoms with van der Waals surface area (Å²) in [6, 6.07) is 28.4. The predicted molar refractivity (Wildman–Crippen MR) is 229 cm³/mol. The highest BCUT2D eigenvalue weighted by atomic mass is 35.6. The summed E-state index contributed by atoms with van der Waals surface area (Å²) in [5, 5.41) is 0. The summed E-state index contributed by atoms with van der Waals surface area (Å²) >= 11 is 41.6. The molecule has 0 bridgehead atoms. The normalized spacial score (nSPS) is 9.17. The summed E-state index contributed by atoms with van der Waals surface area (Å²) in [4.78, 5) is 0. The van der Waals surface area contributed by atoms with E-state index in [0.717, 1.165) is 12.4 Å². The lowest BCUT2D eigenvalue weighted by molar-refractivity contribution is 0.0300. The van der Waals surface area contributed by atoms with Gasteiger partial charge in [0.05, 0.1) is 18.8 Å². The number of halogens is 7. The first-order valence-electron chi connectivity index (χ1n) is 15.4. The number of benzene rings is 3. The molecule has 0 aliphatic rings.